The van der Waals surface area contributed by atoms with Gasteiger partial charge in [0.05, 0.1) is 6.26 Å². The molecule has 1 nitrogen and oxygen atoms in total. The molecule has 0 amide bonds. The summed E-state index contributed by atoms with van der Waals surface area (Å²) < 4.78 is 43.5. The highest BCUT2D eigenvalue weighted by molar-refractivity contribution is 4.93. The Morgan fingerprint density at radius 2 is 1.73 bits per heavy atom. The Balaban J connectivity index is 2.83. The highest BCUT2D eigenvalue weighted by Gasteiger charge is 2.57. The summed E-state index contributed by atoms with van der Waals surface area (Å²) in [4.78, 5) is 0. The summed E-state index contributed by atoms with van der Waals surface area (Å²) in [5, 5.41) is 0. The predicted octanol–water partition coefficient (Wildman–Crippen LogP) is 4.05. The Hall–Kier alpha value is -0.670. The summed E-state index contributed by atoms with van der Waals surface area (Å²) in [6.45, 7) is 4.36. The van der Waals surface area contributed by atoms with Crippen LogP contribution in [0.2, 0.25) is 0 Å². The molecule has 0 N–H and O–H groups in total. The zero-order chi connectivity index (χ0) is 11.5. The summed E-state index contributed by atoms with van der Waals surface area (Å²) >= 11 is 0. The molecule has 0 spiro atoms. The van der Waals surface area contributed by atoms with Crippen LogP contribution in [0.3, 0.4) is 0 Å². The molecule has 15 heavy (non-hydrogen) atoms. The van der Waals surface area contributed by atoms with Crippen LogP contribution < -0.4 is 0 Å². The van der Waals surface area contributed by atoms with Crippen LogP contribution in [0.5, 0.6) is 0 Å². The van der Waals surface area contributed by atoms with Gasteiger partial charge >= 0.3 is 6.18 Å². The van der Waals surface area contributed by atoms with Crippen molar-refractivity contribution in [3.05, 3.63) is 12.8 Å². The van der Waals surface area contributed by atoms with Gasteiger partial charge in [0.25, 0.3) is 0 Å². The average Bonchev–Trinajstić information content (AvgIpc) is 2.18. The van der Waals surface area contributed by atoms with Crippen LogP contribution in [-0.2, 0) is 4.74 Å². The lowest BCUT2D eigenvalue weighted by Crippen LogP contribution is -2.50. The van der Waals surface area contributed by atoms with Gasteiger partial charge in [0.2, 0.25) is 5.60 Å². The van der Waals surface area contributed by atoms with Crippen LogP contribution in [0.4, 0.5) is 13.2 Å². The van der Waals surface area contributed by atoms with E-state index in [2.05, 4.69) is 6.58 Å². The summed E-state index contributed by atoms with van der Waals surface area (Å²) in [5.41, 5.74) is -2.06. The maximum Gasteiger partial charge on any atom is 0.428 e. The fraction of sp³-hybridized carbons (Fsp3) is 0.818. The normalized spacial score (nSPS) is 23.2. The topological polar surface area (TPSA) is 9.23 Å². The van der Waals surface area contributed by atoms with E-state index in [-0.39, 0.29) is 0 Å². The minimum atomic E-state index is -4.33. The first-order chi connectivity index (χ1) is 6.92. The van der Waals surface area contributed by atoms with Crippen molar-refractivity contribution in [1.29, 1.82) is 0 Å². The Kier molecular flexibility index (Phi) is 3.68. The Morgan fingerprint density at radius 1 is 1.20 bits per heavy atom. The third-order valence-corrected chi connectivity index (χ3v) is 3.28. The standard InChI is InChI=1S/C11H17F3O/c1-3-15-10(2,11(12,13)14)9-7-5-4-6-8-9/h3,9H,1,4-8H2,2H3. The first-order valence-electron chi connectivity index (χ1n) is 5.27. The van der Waals surface area contributed by atoms with Gasteiger partial charge in [-0.25, -0.2) is 0 Å². The molecule has 0 aromatic rings. The lowest BCUT2D eigenvalue weighted by atomic mass is 9.77. The molecular weight excluding hydrogens is 205 g/mol. The van der Waals surface area contributed by atoms with E-state index in [0.29, 0.717) is 12.8 Å². The van der Waals surface area contributed by atoms with Crippen molar-refractivity contribution in [3.63, 3.8) is 0 Å². The Labute approximate surface area is 88.3 Å². The van der Waals surface area contributed by atoms with Gasteiger partial charge in [-0.15, -0.1) is 0 Å². The molecule has 0 aliphatic heterocycles. The first-order valence-corrected chi connectivity index (χ1v) is 5.27. The second-order valence-electron chi connectivity index (χ2n) is 4.22. The quantitative estimate of drug-likeness (QED) is 0.654. The van der Waals surface area contributed by atoms with Crippen molar-refractivity contribution in [2.24, 2.45) is 5.92 Å². The summed E-state index contributed by atoms with van der Waals surface area (Å²) in [7, 11) is 0. The molecule has 1 rings (SSSR count). The summed E-state index contributed by atoms with van der Waals surface area (Å²) in [5.74, 6) is -0.441. The van der Waals surface area contributed by atoms with Crippen LogP contribution >= 0.6 is 0 Å². The molecule has 1 unspecified atom stereocenters. The second kappa shape index (κ2) is 4.45. The molecule has 0 radical (unpaired) electrons. The van der Waals surface area contributed by atoms with E-state index in [0.717, 1.165) is 32.4 Å². The van der Waals surface area contributed by atoms with Gasteiger partial charge in [0, 0.05) is 5.92 Å². The third kappa shape index (κ3) is 2.47. The largest absolute Gasteiger partial charge is 0.486 e. The summed E-state index contributed by atoms with van der Waals surface area (Å²) in [6, 6.07) is 0. The van der Waals surface area contributed by atoms with Crippen molar-refractivity contribution in [3.8, 4) is 0 Å². The van der Waals surface area contributed by atoms with E-state index in [1.54, 1.807) is 0 Å². The number of halogens is 3. The molecule has 1 atom stereocenters. The Bertz CT molecular complexity index is 218. The number of rotatable bonds is 3. The third-order valence-electron chi connectivity index (χ3n) is 3.28. The van der Waals surface area contributed by atoms with Crippen LogP contribution in [0.15, 0.2) is 12.8 Å². The first kappa shape index (κ1) is 12.4. The smallest absolute Gasteiger partial charge is 0.428 e. The van der Waals surface area contributed by atoms with Gasteiger partial charge in [0.1, 0.15) is 0 Å². The zero-order valence-electron chi connectivity index (χ0n) is 8.94. The molecule has 1 aliphatic carbocycles. The molecule has 0 aromatic carbocycles. The zero-order valence-corrected chi connectivity index (χ0v) is 8.94. The predicted molar refractivity (Wildman–Crippen MR) is 52.3 cm³/mol. The van der Waals surface area contributed by atoms with E-state index in [1.165, 1.54) is 0 Å². The lowest BCUT2D eigenvalue weighted by Gasteiger charge is -2.40. The van der Waals surface area contributed by atoms with Crippen molar-refractivity contribution < 1.29 is 17.9 Å². The SMILES string of the molecule is C=COC(C)(C1CCCCC1)C(F)(F)F. The molecule has 0 heterocycles. The molecular formula is C11H17F3O. The molecule has 4 heteroatoms. The molecule has 0 saturated heterocycles. The number of alkyl halides is 3. The van der Waals surface area contributed by atoms with Gasteiger partial charge in [-0.3, -0.25) is 0 Å². The number of ether oxygens (including phenoxy) is 1. The highest BCUT2D eigenvalue weighted by atomic mass is 19.4. The Morgan fingerprint density at radius 3 is 2.13 bits per heavy atom. The lowest BCUT2D eigenvalue weighted by molar-refractivity contribution is -0.276. The summed E-state index contributed by atoms with van der Waals surface area (Å²) in [6.07, 6.45) is 0.491. The molecule has 0 aromatic heterocycles. The van der Waals surface area contributed by atoms with Crippen molar-refractivity contribution >= 4 is 0 Å². The molecule has 1 fully saturated rings. The highest BCUT2D eigenvalue weighted by Crippen LogP contribution is 2.45. The van der Waals surface area contributed by atoms with E-state index in [1.807, 2.05) is 0 Å². The van der Waals surface area contributed by atoms with E-state index >= 15 is 0 Å². The fourth-order valence-corrected chi connectivity index (χ4v) is 2.22. The van der Waals surface area contributed by atoms with Crippen molar-refractivity contribution in [1.82, 2.24) is 0 Å². The fourth-order valence-electron chi connectivity index (χ4n) is 2.22. The molecule has 1 aliphatic rings. The van der Waals surface area contributed by atoms with E-state index < -0.39 is 17.7 Å². The van der Waals surface area contributed by atoms with Crippen molar-refractivity contribution in [2.75, 3.05) is 0 Å². The van der Waals surface area contributed by atoms with Crippen molar-refractivity contribution in [2.45, 2.75) is 50.8 Å². The second-order valence-corrected chi connectivity index (χ2v) is 4.22. The minimum Gasteiger partial charge on any atom is -0.486 e. The van der Waals surface area contributed by atoms with E-state index in [9.17, 15) is 13.2 Å². The maximum absolute atomic E-state index is 12.9. The molecule has 88 valence electrons. The molecule has 0 bridgehead atoms. The van der Waals surface area contributed by atoms with Gasteiger partial charge in [-0.1, -0.05) is 25.8 Å². The van der Waals surface area contributed by atoms with Crippen LogP contribution in [0.1, 0.15) is 39.0 Å². The van der Waals surface area contributed by atoms with Gasteiger partial charge in [-0.2, -0.15) is 13.2 Å². The van der Waals surface area contributed by atoms with Gasteiger partial charge in [-0.05, 0) is 19.8 Å². The number of hydrogen-bond donors (Lipinski definition) is 0. The van der Waals surface area contributed by atoms with Crippen LogP contribution in [0.25, 0.3) is 0 Å². The van der Waals surface area contributed by atoms with Crippen LogP contribution in [-0.4, -0.2) is 11.8 Å². The van der Waals surface area contributed by atoms with Crippen LogP contribution in [0, 0.1) is 5.92 Å². The van der Waals surface area contributed by atoms with Gasteiger partial charge in [0.15, 0.2) is 0 Å². The number of hydrogen-bond acceptors (Lipinski definition) is 1. The maximum atomic E-state index is 12.9. The molecule has 1 saturated carbocycles. The average molecular weight is 222 g/mol. The minimum absolute atomic E-state index is 0.441. The van der Waals surface area contributed by atoms with Gasteiger partial charge < -0.3 is 4.74 Å². The van der Waals surface area contributed by atoms with E-state index in [4.69, 9.17) is 4.74 Å². The monoisotopic (exact) mass is 222 g/mol.